The highest BCUT2D eigenvalue weighted by molar-refractivity contribution is 5.76. The molecular weight excluding hydrogens is 226 g/mol. The average molecular weight is 255 g/mol. The highest BCUT2D eigenvalue weighted by Gasteiger charge is 2.46. The van der Waals surface area contributed by atoms with Crippen molar-refractivity contribution in [3.63, 3.8) is 0 Å². The first-order valence-corrected chi connectivity index (χ1v) is 6.90. The Hall–Kier alpha value is -0.770. The molecule has 1 heterocycles. The van der Waals surface area contributed by atoms with Crippen molar-refractivity contribution in [1.82, 2.24) is 10.2 Å². The molecule has 4 nitrogen and oxygen atoms in total. The Morgan fingerprint density at radius 3 is 2.11 bits per heavy atom. The lowest BCUT2D eigenvalue weighted by Crippen LogP contribution is -2.67. The molecule has 1 aliphatic heterocycles. The van der Waals surface area contributed by atoms with Gasteiger partial charge in [0.15, 0.2) is 0 Å². The predicted octanol–water partition coefficient (Wildman–Crippen LogP) is 2.33. The molecule has 0 atom stereocenters. The van der Waals surface area contributed by atoms with Gasteiger partial charge in [0.05, 0.1) is 0 Å². The zero-order chi connectivity index (χ0) is 14.1. The summed E-state index contributed by atoms with van der Waals surface area (Å²) in [6, 6.07) is 0.203. The Kier molecular flexibility index (Phi) is 4.31. The van der Waals surface area contributed by atoms with Crippen LogP contribution in [0.5, 0.6) is 0 Å². The minimum atomic E-state index is -0.192. The van der Waals surface area contributed by atoms with Crippen molar-refractivity contribution >= 4 is 6.03 Å². The van der Waals surface area contributed by atoms with Gasteiger partial charge in [0.1, 0.15) is 0 Å². The van der Waals surface area contributed by atoms with Crippen molar-refractivity contribution < 1.29 is 4.79 Å². The fourth-order valence-electron chi connectivity index (χ4n) is 3.28. The van der Waals surface area contributed by atoms with E-state index in [9.17, 15) is 4.79 Å². The van der Waals surface area contributed by atoms with Crippen LogP contribution in [0.25, 0.3) is 0 Å². The molecule has 0 aromatic heterocycles. The fourth-order valence-corrected chi connectivity index (χ4v) is 3.28. The third kappa shape index (κ3) is 3.37. The summed E-state index contributed by atoms with van der Waals surface area (Å²) in [7, 11) is 0. The molecule has 0 aromatic rings. The zero-order valence-corrected chi connectivity index (χ0v) is 12.7. The Labute approximate surface area is 111 Å². The van der Waals surface area contributed by atoms with Gasteiger partial charge < -0.3 is 16.0 Å². The number of nitrogens with one attached hydrogen (secondary N) is 1. The molecule has 0 unspecified atom stereocenters. The van der Waals surface area contributed by atoms with E-state index in [1.165, 1.54) is 0 Å². The van der Waals surface area contributed by atoms with Crippen LogP contribution in [0, 0.1) is 5.92 Å². The number of nitrogens with two attached hydrogens (primary N) is 1. The van der Waals surface area contributed by atoms with E-state index in [4.69, 9.17) is 5.73 Å². The molecule has 0 aliphatic carbocycles. The van der Waals surface area contributed by atoms with Crippen LogP contribution in [0.3, 0.4) is 0 Å². The van der Waals surface area contributed by atoms with Crippen LogP contribution >= 0.6 is 0 Å². The SMILES string of the molecule is CC(C)CNC(=O)N1C(C)(C)CC(N)CC1(C)C. The van der Waals surface area contributed by atoms with E-state index in [1.807, 2.05) is 4.90 Å². The topological polar surface area (TPSA) is 58.4 Å². The van der Waals surface area contributed by atoms with Crippen LogP contribution in [-0.2, 0) is 0 Å². The van der Waals surface area contributed by atoms with Gasteiger partial charge in [0.25, 0.3) is 0 Å². The molecule has 2 amide bonds. The Balaban J connectivity index is 2.85. The van der Waals surface area contributed by atoms with Crippen LogP contribution < -0.4 is 11.1 Å². The Bertz CT molecular complexity index is 292. The van der Waals surface area contributed by atoms with Crippen LogP contribution in [0.2, 0.25) is 0 Å². The lowest BCUT2D eigenvalue weighted by Gasteiger charge is -2.54. The fraction of sp³-hybridized carbons (Fsp3) is 0.929. The molecule has 1 saturated heterocycles. The first-order chi connectivity index (χ1) is 8.06. The van der Waals surface area contributed by atoms with Gasteiger partial charge in [0.2, 0.25) is 0 Å². The Morgan fingerprint density at radius 1 is 1.28 bits per heavy atom. The molecule has 0 radical (unpaired) electrons. The van der Waals surface area contributed by atoms with Crippen molar-refractivity contribution in [3.8, 4) is 0 Å². The lowest BCUT2D eigenvalue weighted by molar-refractivity contribution is 0.00293. The lowest BCUT2D eigenvalue weighted by atomic mass is 9.77. The molecule has 3 N–H and O–H groups in total. The summed E-state index contributed by atoms with van der Waals surface area (Å²) in [5.41, 5.74) is 5.73. The number of carbonyl (C=O) groups is 1. The summed E-state index contributed by atoms with van der Waals surface area (Å²) < 4.78 is 0. The summed E-state index contributed by atoms with van der Waals surface area (Å²) in [5, 5.41) is 3.02. The second-order valence-electron chi connectivity index (χ2n) is 7.21. The molecule has 18 heavy (non-hydrogen) atoms. The van der Waals surface area contributed by atoms with Crippen LogP contribution in [0.15, 0.2) is 0 Å². The van der Waals surface area contributed by atoms with E-state index in [1.54, 1.807) is 0 Å². The van der Waals surface area contributed by atoms with E-state index in [2.05, 4.69) is 46.9 Å². The highest BCUT2D eigenvalue weighted by atomic mass is 16.2. The quantitative estimate of drug-likeness (QED) is 0.795. The molecule has 1 fully saturated rings. The average Bonchev–Trinajstić information content (AvgIpc) is 2.09. The number of rotatable bonds is 2. The second kappa shape index (κ2) is 5.08. The van der Waals surface area contributed by atoms with Crippen LogP contribution in [0.1, 0.15) is 54.4 Å². The van der Waals surface area contributed by atoms with E-state index in [0.29, 0.717) is 12.5 Å². The molecule has 0 saturated carbocycles. The van der Waals surface area contributed by atoms with E-state index >= 15 is 0 Å². The number of piperidine rings is 1. The predicted molar refractivity (Wildman–Crippen MR) is 75.4 cm³/mol. The molecule has 1 rings (SSSR count). The van der Waals surface area contributed by atoms with Gasteiger partial charge in [-0.1, -0.05) is 13.8 Å². The maximum atomic E-state index is 12.4. The van der Waals surface area contributed by atoms with Crippen molar-refractivity contribution in [2.24, 2.45) is 11.7 Å². The van der Waals surface area contributed by atoms with Gasteiger partial charge in [-0.25, -0.2) is 4.79 Å². The number of amides is 2. The summed E-state index contributed by atoms with van der Waals surface area (Å²) in [5.74, 6) is 0.465. The van der Waals surface area contributed by atoms with Gasteiger partial charge in [-0.05, 0) is 46.5 Å². The first kappa shape index (κ1) is 15.3. The third-order valence-electron chi connectivity index (χ3n) is 3.60. The largest absolute Gasteiger partial charge is 0.338 e. The molecular formula is C14H29N3O. The minimum Gasteiger partial charge on any atom is -0.338 e. The van der Waals surface area contributed by atoms with E-state index in [0.717, 1.165) is 12.8 Å². The van der Waals surface area contributed by atoms with Gasteiger partial charge in [-0.2, -0.15) is 0 Å². The van der Waals surface area contributed by atoms with Crippen molar-refractivity contribution in [2.75, 3.05) is 6.54 Å². The molecule has 106 valence electrons. The number of hydrogen-bond acceptors (Lipinski definition) is 2. The highest BCUT2D eigenvalue weighted by Crippen LogP contribution is 2.37. The standard InChI is InChI=1S/C14H29N3O/c1-10(2)9-16-12(18)17-13(3,4)7-11(15)8-14(17,5)6/h10-11H,7-9,15H2,1-6H3,(H,16,18). The summed E-state index contributed by atoms with van der Waals surface area (Å²) in [6.45, 7) is 13.3. The molecule has 1 aliphatic rings. The summed E-state index contributed by atoms with van der Waals surface area (Å²) >= 11 is 0. The van der Waals surface area contributed by atoms with Crippen molar-refractivity contribution in [2.45, 2.75) is 71.5 Å². The van der Waals surface area contributed by atoms with Crippen molar-refractivity contribution in [3.05, 3.63) is 0 Å². The number of urea groups is 1. The summed E-state index contributed by atoms with van der Waals surface area (Å²) in [6.07, 6.45) is 1.71. The number of carbonyl (C=O) groups excluding carboxylic acids is 1. The molecule has 4 heteroatoms. The third-order valence-corrected chi connectivity index (χ3v) is 3.60. The van der Waals surface area contributed by atoms with Gasteiger partial charge >= 0.3 is 6.03 Å². The van der Waals surface area contributed by atoms with Gasteiger partial charge in [-0.3, -0.25) is 0 Å². The second-order valence-corrected chi connectivity index (χ2v) is 7.21. The van der Waals surface area contributed by atoms with Gasteiger partial charge in [-0.15, -0.1) is 0 Å². The number of nitrogens with zero attached hydrogens (tertiary/aromatic N) is 1. The number of likely N-dealkylation sites (tertiary alicyclic amines) is 1. The van der Waals surface area contributed by atoms with Crippen molar-refractivity contribution in [1.29, 1.82) is 0 Å². The zero-order valence-electron chi connectivity index (χ0n) is 12.7. The first-order valence-electron chi connectivity index (χ1n) is 6.90. The summed E-state index contributed by atoms with van der Waals surface area (Å²) in [4.78, 5) is 14.4. The van der Waals surface area contributed by atoms with Crippen LogP contribution in [-0.4, -0.2) is 34.6 Å². The number of hydrogen-bond donors (Lipinski definition) is 2. The maximum absolute atomic E-state index is 12.4. The minimum absolute atomic E-state index is 0.0330. The molecule has 0 spiro atoms. The smallest absolute Gasteiger partial charge is 0.318 e. The monoisotopic (exact) mass is 255 g/mol. The Morgan fingerprint density at radius 2 is 1.72 bits per heavy atom. The molecule has 0 bridgehead atoms. The van der Waals surface area contributed by atoms with Gasteiger partial charge in [0, 0.05) is 23.7 Å². The molecule has 0 aromatic carbocycles. The normalized spacial score (nSPS) is 23.2. The maximum Gasteiger partial charge on any atom is 0.318 e. The van der Waals surface area contributed by atoms with Crippen LogP contribution in [0.4, 0.5) is 4.79 Å². The van der Waals surface area contributed by atoms with E-state index in [-0.39, 0.29) is 23.2 Å². The van der Waals surface area contributed by atoms with E-state index < -0.39 is 0 Å².